The summed E-state index contributed by atoms with van der Waals surface area (Å²) in [6.07, 6.45) is 5.81. The molecule has 1 aromatic rings. The topological polar surface area (TPSA) is 58.2 Å². The number of rotatable bonds is 8. The van der Waals surface area contributed by atoms with Crippen LogP contribution < -0.4 is 10.0 Å². The molecule has 22 heavy (non-hydrogen) atoms. The van der Waals surface area contributed by atoms with Gasteiger partial charge < -0.3 is 5.32 Å². The van der Waals surface area contributed by atoms with E-state index in [0.717, 1.165) is 45.1 Å². The quantitative estimate of drug-likeness (QED) is 0.772. The van der Waals surface area contributed by atoms with Crippen LogP contribution in [-0.4, -0.2) is 32.8 Å². The van der Waals surface area contributed by atoms with Gasteiger partial charge in [0.15, 0.2) is 0 Å². The van der Waals surface area contributed by atoms with Gasteiger partial charge in [-0.2, -0.15) is 0 Å². The molecule has 2 N–H and O–H groups in total. The van der Waals surface area contributed by atoms with Gasteiger partial charge in [0.1, 0.15) is 0 Å². The molecule has 1 aromatic carbocycles. The van der Waals surface area contributed by atoms with E-state index in [9.17, 15) is 8.42 Å². The van der Waals surface area contributed by atoms with Crippen LogP contribution in [0.3, 0.4) is 0 Å². The largest absolute Gasteiger partial charge is 0.313 e. The average Bonchev–Trinajstić information content (AvgIpc) is 2.53. The molecule has 1 saturated heterocycles. The Kier molecular flexibility index (Phi) is 6.86. The first-order valence-electron chi connectivity index (χ1n) is 8.36. The van der Waals surface area contributed by atoms with Crippen molar-refractivity contribution in [2.24, 2.45) is 0 Å². The van der Waals surface area contributed by atoms with Gasteiger partial charge in [0.05, 0.1) is 5.75 Å². The molecule has 2 unspecified atom stereocenters. The van der Waals surface area contributed by atoms with Gasteiger partial charge >= 0.3 is 0 Å². The van der Waals surface area contributed by atoms with E-state index in [4.69, 9.17) is 0 Å². The average molecular weight is 324 g/mol. The summed E-state index contributed by atoms with van der Waals surface area (Å²) in [5, 5.41) is 3.31. The number of hydrogen-bond donors (Lipinski definition) is 2. The summed E-state index contributed by atoms with van der Waals surface area (Å²) < 4.78 is 27.5. The van der Waals surface area contributed by atoms with E-state index >= 15 is 0 Å². The predicted octanol–water partition coefficient (Wildman–Crippen LogP) is 2.46. The van der Waals surface area contributed by atoms with Gasteiger partial charge in [-0.05, 0) is 44.2 Å². The highest BCUT2D eigenvalue weighted by atomic mass is 32.2. The number of aryl methyl sites for hydroxylation is 1. The molecule has 0 saturated carbocycles. The smallest absolute Gasteiger partial charge is 0.213 e. The minimum absolute atomic E-state index is 0.0220. The fraction of sp³-hybridized carbons (Fsp3) is 0.647. The number of sulfonamides is 1. The van der Waals surface area contributed by atoms with Crippen molar-refractivity contribution in [3.63, 3.8) is 0 Å². The van der Waals surface area contributed by atoms with Gasteiger partial charge in [-0.15, -0.1) is 0 Å². The summed E-state index contributed by atoms with van der Waals surface area (Å²) >= 11 is 0. The van der Waals surface area contributed by atoms with Gasteiger partial charge in [0.25, 0.3) is 0 Å². The standard InChI is InChI=1S/C17H28N2O2S/c1-2-16(12-11-15-8-4-3-5-9-15)19-22(20,21)14-17-10-6-7-13-18-17/h3-5,8-9,16-19H,2,6-7,10-14H2,1H3. The van der Waals surface area contributed by atoms with Crippen LogP contribution in [0.5, 0.6) is 0 Å². The second-order valence-electron chi connectivity index (χ2n) is 6.18. The van der Waals surface area contributed by atoms with E-state index in [2.05, 4.69) is 22.2 Å². The van der Waals surface area contributed by atoms with E-state index in [1.54, 1.807) is 0 Å². The van der Waals surface area contributed by atoms with Crippen molar-refractivity contribution in [1.29, 1.82) is 0 Å². The molecular formula is C17H28N2O2S. The van der Waals surface area contributed by atoms with Crippen molar-refractivity contribution < 1.29 is 8.42 Å². The minimum Gasteiger partial charge on any atom is -0.313 e. The molecule has 4 nitrogen and oxygen atoms in total. The van der Waals surface area contributed by atoms with Crippen LogP contribution in [0.15, 0.2) is 30.3 Å². The van der Waals surface area contributed by atoms with Gasteiger partial charge in [-0.1, -0.05) is 43.7 Å². The highest BCUT2D eigenvalue weighted by molar-refractivity contribution is 7.89. The number of benzene rings is 1. The third-order valence-electron chi connectivity index (χ3n) is 4.30. The van der Waals surface area contributed by atoms with Gasteiger partial charge in [-0.25, -0.2) is 13.1 Å². The van der Waals surface area contributed by atoms with E-state index in [0.29, 0.717) is 0 Å². The molecule has 1 aliphatic heterocycles. The molecule has 1 fully saturated rings. The molecule has 1 aliphatic rings. The SMILES string of the molecule is CCC(CCc1ccccc1)NS(=O)(=O)CC1CCCCN1. The molecule has 1 heterocycles. The van der Waals surface area contributed by atoms with E-state index in [-0.39, 0.29) is 17.8 Å². The van der Waals surface area contributed by atoms with Crippen LogP contribution in [0.1, 0.15) is 44.6 Å². The Bertz CT molecular complexity index is 525. The molecule has 0 spiro atoms. The Labute approximate surface area is 134 Å². The Morgan fingerprint density at radius 1 is 1.27 bits per heavy atom. The zero-order valence-electron chi connectivity index (χ0n) is 13.4. The monoisotopic (exact) mass is 324 g/mol. The van der Waals surface area contributed by atoms with E-state index < -0.39 is 10.0 Å². The maximum Gasteiger partial charge on any atom is 0.213 e. The lowest BCUT2D eigenvalue weighted by atomic mass is 10.0. The maximum atomic E-state index is 12.3. The molecular weight excluding hydrogens is 296 g/mol. The summed E-state index contributed by atoms with van der Waals surface area (Å²) in [6.45, 7) is 2.97. The zero-order chi connectivity index (χ0) is 15.8. The minimum atomic E-state index is -3.21. The number of piperidine rings is 1. The molecule has 2 atom stereocenters. The van der Waals surface area contributed by atoms with Crippen LogP contribution in [0.2, 0.25) is 0 Å². The molecule has 0 amide bonds. The summed E-state index contributed by atoms with van der Waals surface area (Å²) in [7, 11) is -3.21. The fourth-order valence-corrected chi connectivity index (χ4v) is 4.67. The van der Waals surface area contributed by atoms with Gasteiger partial charge in [-0.3, -0.25) is 0 Å². The van der Waals surface area contributed by atoms with Crippen molar-refractivity contribution in [3.8, 4) is 0 Å². The van der Waals surface area contributed by atoms with Crippen molar-refractivity contribution in [2.45, 2.75) is 57.5 Å². The third-order valence-corrected chi connectivity index (χ3v) is 5.83. The van der Waals surface area contributed by atoms with Crippen molar-refractivity contribution in [3.05, 3.63) is 35.9 Å². The third kappa shape index (κ3) is 6.07. The van der Waals surface area contributed by atoms with Crippen molar-refractivity contribution >= 4 is 10.0 Å². The summed E-state index contributed by atoms with van der Waals surface area (Å²) in [6, 6.07) is 10.4. The molecule has 124 valence electrons. The van der Waals surface area contributed by atoms with Crippen LogP contribution in [0.4, 0.5) is 0 Å². The molecule has 0 radical (unpaired) electrons. The molecule has 5 heteroatoms. The fourth-order valence-electron chi connectivity index (χ4n) is 2.97. The molecule has 2 rings (SSSR count). The second kappa shape index (κ2) is 8.65. The summed E-state index contributed by atoms with van der Waals surface area (Å²) in [5.74, 6) is 0.203. The maximum absolute atomic E-state index is 12.3. The molecule has 0 aromatic heterocycles. The number of hydrogen-bond acceptors (Lipinski definition) is 3. The van der Waals surface area contributed by atoms with E-state index in [1.807, 2.05) is 25.1 Å². The Balaban J connectivity index is 1.82. The predicted molar refractivity (Wildman–Crippen MR) is 91.4 cm³/mol. The van der Waals surface area contributed by atoms with Crippen molar-refractivity contribution in [2.75, 3.05) is 12.3 Å². The van der Waals surface area contributed by atoms with Gasteiger partial charge in [0.2, 0.25) is 10.0 Å². The first kappa shape index (κ1) is 17.4. The van der Waals surface area contributed by atoms with E-state index in [1.165, 1.54) is 5.56 Å². The van der Waals surface area contributed by atoms with Crippen LogP contribution in [0, 0.1) is 0 Å². The van der Waals surface area contributed by atoms with Crippen molar-refractivity contribution in [1.82, 2.24) is 10.0 Å². The Hall–Kier alpha value is -0.910. The lowest BCUT2D eigenvalue weighted by Gasteiger charge is -2.25. The second-order valence-corrected chi connectivity index (χ2v) is 7.97. The van der Waals surface area contributed by atoms with Gasteiger partial charge in [0, 0.05) is 12.1 Å². The Morgan fingerprint density at radius 3 is 2.68 bits per heavy atom. The lowest BCUT2D eigenvalue weighted by Crippen LogP contribution is -2.45. The van der Waals surface area contributed by atoms with Crippen LogP contribution in [0.25, 0.3) is 0 Å². The molecule has 0 bridgehead atoms. The highest BCUT2D eigenvalue weighted by Crippen LogP contribution is 2.11. The number of nitrogens with one attached hydrogen (secondary N) is 2. The summed E-state index contributed by atoms with van der Waals surface area (Å²) in [5.41, 5.74) is 1.26. The van der Waals surface area contributed by atoms with Crippen LogP contribution >= 0.6 is 0 Å². The first-order valence-corrected chi connectivity index (χ1v) is 10.0. The zero-order valence-corrected chi connectivity index (χ0v) is 14.2. The normalized spacial score (nSPS) is 20.7. The first-order chi connectivity index (χ1) is 10.6. The molecule has 0 aliphatic carbocycles. The van der Waals surface area contributed by atoms with Crippen LogP contribution in [-0.2, 0) is 16.4 Å². The highest BCUT2D eigenvalue weighted by Gasteiger charge is 2.23. The Morgan fingerprint density at radius 2 is 2.05 bits per heavy atom. The lowest BCUT2D eigenvalue weighted by molar-refractivity contribution is 0.420. The summed E-state index contributed by atoms with van der Waals surface area (Å²) in [4.78, 5) is 0.